The summed E-state index contributed by atoms with van der Waals surface area (Å²) in [6.07, 6.45) is 7.89. The number of halogens is 1. The van der Waals surface area contributed by atoms with Gasteiger partial charge in [0.15, 0.2) is 0 Å². The second-order valence-corrected chi connectivity index (χ2v) is 6.10. The predicted octanol–water partition coefficient (Wildman–Crippen LogP) is 4.37. The lowest BCUT2D eigenvalue weighted by Gasteiger charge is -2.45. The molecule has 1 heterocycles. The van der Waals surface area contributed by atoms with Gasteiger partial charge in [0.1, 0.15) is 6.07 Å². The molecule has 1 aromatic rings. The molecule has 100 valence electrons. The van der Waals surface area contributed by atoms with E-state index in [1.54, 1.807) is 0 Å². The number of anilines is 1. The number of hydrogen-bond acceptors (Lipinski definition) is 2. The van der Waals surface area contributed by atoms with Crippen molar-refractivity contribution in [2.45, 2.75) is 44.6 Å². The molecule has 2 aliphatic rings. The Morgan fingerprint density at radius 3 is 2.79 bits per heavy atom. The van der Waals surface area contributed by atoms with Crippen LogP contribution in [0.3, 0.4) is 0 Å². The maximum Gasteiger partial charge on any atom is 0.103 e. The second kappa shape index (κ2) is 5.43. The van der Waals surface area contributed by atoms with E-state index in [0.717, 1.165) is 18.2 Å². The molecule has 0 radical (unpaired) electrons. The summed E-state index contributed by atoms with van der Waals surface area (Å²) < 4.78 is 0. The van der Waals surface area contributed by atoms with Gasteiger partial charge in [0.05, 0.1) is 16.3 Å². The predicted molar refractivity (Wildman–Crippen MR) is 78.5 cm³/mol. The van der Waals surface area contributed by atoms with Gasteiger partial charge in [0.2, 0.25) is 0 Å². The van der Waals surface area contributed by atoms with E-state index in [-0.39, 0.29) is 0 Å². The summed E-state index contributed by atoms with van der Waals surface area (Å²) >= 11 is 6.17. The molecule has 2 fully saturated rings. The van der Waals surface area contributed by atoms with Crippen molar-refractivity contribution in [2.75, 3.05) is 11.4 Å². The fourth-order valence-electron chi connectivity index (χ4n) is 3.79. The first kappa shape index (κ1) is 12.8. The molecule has 1 saturated heterocycles. The van der Waals surface area contributed by atoms with E-state index in [1.165, 1.54) is 38.5 Å². The van der Waals surface area contributed by atoms with Crippen molar-refractivity contribution >= 4 is 17.3 Å². The van der Waals surface area contributed by atoms with Gasteiger partial charge in [-0.3, -0.25) is 0 Å². The lowest BCUT2D eigenvalue weighted by atomic mass is 9.78. The van der Waals surface area contributed by atoms with Crippen LogP contribution in [-0.2, 0) is 0 Å². The molecule has 0 amide bonds. The van der Waals surface area contributed by atoms with Crippen LogP contribution in [0.4, 0.5) is 5.69 Å². The van der Waals surface area contributed by atoms with Gasteiger partial charge in [0, 0.05) is 12.6 Å². The van der Waals surface area contributed by atoms with Crippen LogP contribution in [-0.4, -0.2) is 12.6 Å². The molecular formula is C16H19ClN2. The monoisotopic (exact) mass is 274 g/mol. The van der Waals surface area contributed by atoms with Crippen molar-refractivity contribution in [3.8, 4) is 6.07 Å². The number of nitriles is 1. The zero-order valence-electron chi connectivity index (χ0n) is 11.1. The van der Waals surface area contributed by atoms with E-state index in [1.807, 2.05) is 12.1 Å². The summed E-state index contributed by atoms with van der Waals surface area (Å²) in [6.45, 7) is 1.07. The Hall–Kier alpha value is -1.20. The zero-order chi connectivity index (χ0) is 13.2. The summed E-state index contributed by atoms with van der Waals surface area (Å²) in [4.78, 5) is 2.46. The molecule has 0 aromatic heterocycles. The van der Waals surface area contributed by atoms with Crippen molar-refractivity contribution in [3.63, 3.8) is 0 Å². The Morgan fingerprint density at radius 1 is 1.16 bits per heavy atom. The van der Waals surface area contributed by atoms with Crippen LogP contribution in [0.5, 0.6) is 0 Å². The molecule has 3 heteroatoms. The minimum atomic E-state index is 0.581. The average molecular weight is 275 g/mol. The summed E-state index contributed by atoms with van der Waals surface area (Å²) in [5.74, 6) is 0.813. The fraction of sp³-hybridized carbons (Fsp3) is 0.562. The number of piperidine rings is 1. The zero-order valence-corrected chi connectivity index (χ0v) is 11.9. The normalized spacial score (nSPS) is 26.6. The number of rotatable bonds is 1. The van der Waals surface area contributed by atoms with Gasteiger partial charge >= 0.3 is 0 Å². The summed E-state index contributed by atoms with van der Waals surface area (Å²) in [7, 11) is 0. The standard InChI is InChI=1S/C16H19ClN2/c17-14-7-3-9-16(13(14)11-18)19-10-4-6-12-5-1-2-8-15(12)19/h3,7,9,12,15H,1-2,4-6,8,10H2. The molecule has 1 aliphatic heterocycles. The van der Waals surface area contributed by atoms with Crippen LogP contribution in [0.25, 0.3) is 0 Å². The van der Waals surface area contributed by atoms with Gasteiger partial charge in [-0.25, -0.2) is 0 Å². The molecule has 1 aromatic carbocycles. The smallest absolute Gasteiger partial charge is 0.103 e. The van der Waals surface area contributed by atoms with Gasteiger partial charge < -0.3 is 4.90 Å². The SMILES string of the molecule is N#Cc1c(Cl)cccc1N1CCCC2CCCCC21. The molecule has 3 rings (SSSR count). The largest absolute Gasteiger partial charge is 0.367 e. The van der Waals surface area contributed by atoms with Crippen LogP contribution in [0.2, 0.25) is 5.02 Å². The molecule has 2 atom stereocenters. The van der Waals surface area contributed by atoms with Crippen molar-refractivity contribution < 1.29 is 0 Å². The Labute approximate surface area is 120 Å². The highest BCUT2D eigenvalue weighted by molar-refractivity contribution is 6.32. The van der Waals surface area contributed by atoms with Crippen molar-refractivity contribution in [3.05, 3.63) is 28.8 Å². The Morgan fingerprint density at radius 2 is 1.95 bits per heavy atom. The quantitative estimate of drug-likeness (QED) is 0.760. The molecular weight excluding hydrogens is 256 g/mol. The van der Waals surface area contributed by atoms with Crippen LogP contribution in [0, 0.1) is 17.2 Å². The molecule has 19 heavy (non-hydrogen) atoms. The maximum absolute atomic E-state index is 9.36. The Kier molecular flexibility index (Phi) is 3.66. The van der Waals surface area contributed by atoms with Gasteiger partial charge in [-0.15, -0.1) is 0 Å². The first-order valence-electron chi connectivity index (χ1n) is 7.26. The number of benzene rings is 1. The second-order valence-electron chi connectivity index (χ2n) is 5.69. The van der Waals surface area contributed by atoms with Crippen molar-refractivity contribution in [1.29, 1.82) is 5.26 Å². The lowest BCUT2D eigenvalue weighted by molar-refractivity contribution is 0.244. The molecule has 1 aliphatic carbocycles. The molecule has 0 bridgehead atoms. The Bertz CT molecular complexity index is 504. The first-order valence-corrected chi connectivity index (χ1v) is 7.64. The van der Waals surface area contributed by atoms with E-state index in [2.05, 4.69) is 17.0 Å². The highest BCUT2D eigenvalue weighted by atomic mass is 35.5. The number of nitrogens with zero attached hydrogens (tertiary/aromatic N) is 2. The summed E-state index contributed by atoms with van der Waals surface area (Å²) in [5, 5.41) is 9.95. The van der Waals surface area contributed by atoms with Gasteiger partial charge in [0.25, 0.3) is 0 Å². The van der Waals surface area contributed by atoms with E-state index in [4.69, 9.17) is 11.6 Å². The van der Waals surface area contributed by atoms with Crippen molar-refractivity contribution in [2.24, 2.45) is 5.92 Å². The minimum Gasteiger partial charge on any atom is -0.367 e. The van der Waals surface area contributed by atoms with Gasteiger partial charge in [-0.05, 0) is 43.7 Å². The molecule has 1 saturated carbocycles. The van der Waals surface area contributed by atoms with E-state index >= 15 is 0 Å². The highest BCUT2D eigenvalue weighted by Gasteiger charge is 2.34. The number of hydrogen-bond donors (Lipinski definition) is 0. The van der Waals surface area contributed by atoms with Gasteiger partial charge in [-0.2, -0.15) is 5.26 Å². The third-order valence-electron chi connectivity index (χ3n) is 4.66. The minimum absolute atomic E-state index is 0.581. The molecule has 0 spiro atoms. The van der Waals surface area contributed by atoms with E-state index in [9.17, 15) is 5.26 Å². The van der Waals surface area contributed by atoms with Crippen LogP contribution >= 0.6 is 11.6 Å². The summed E-state index contributed by atoms with van der Waals surface area (Å²) in [6, 6.07) is 8.73. The molecule has 0 N–H and O–H groups in total. The third kappa shape index (κ3) is 2.32. The molecule has 2 nitrogen and oxygen atoms in total. The summed E-state index contributed by atoms with van der Waals surface area (Å²) in [5.41, 5.74) is 1.70. The number of fused-ring (bicyclic) bond motifs is 1. The molecule has 2 unspecified atom stereocenters. The third-order valence-corrected chi connectivity index (χ3v) is 4.97. The van der Waals surface area contributed by atoms with Crippen LogP contribution in [0.1, 0.15) is 44.1 Å². The first-order chi connectivity index (χ1) is 9.31. The topological polar surface area (TPSA) is 27.0 Å². The highest BCUT2D eigenvalue weighted by Crippen LogP contribution is 2.39. The average Bonchev–Trinajstić information content (AvgIpc) is 2.46. The van der Waals surface area contributed by atoms with Crippen LogP contribution < -0.4 is 4.90 Å². The van der Waals surface area contributed by atoms with E-state index in [0.29, 0.717) is 16.6 Å². The van der Waals surface area contributed by atoms with Gasteiger partial charge in [-0.1, -0.05) is 30.5 Å². The maximum atomic E-state index is 9.36. The van der Waals surface area contributed by atoms with Crippen LogP contribution in [0.15, 0.2) is 18.2 Å². The fourth-order valence-corrected chi connectivity index (χ4v) is 4.00. The van der Waals surface area contributed by atoms with E-state index < -0.39 is 0 Å². The lowest BCUT2D eigenvalue weighted by Crippen LogP contribution is -2.47. The Balaban J connectivity index is 1.96. The van der Waals surface area contributed by atoms with Crippen molar-refractivity contribution in [1.82, 2.24) is 0 Å².